The summed E-state index contributed by atoms with van der Waals surface area (Å²) in [6.07, 6.45) is 2.70. The molecule has 3 N–H and O–H groups in total. The lowest BCUT2D eigenvalue weighted by Gasteiger charge is -2.14. The molecule has 2 aromatic carbocycles. The summed E-state index contributed by atoms with van der Waals surface area (Å²) >= 11 is 6.30. The number of furan rings is 1. The third-order valence-electron chi connectivity index (χ3n) is 4.42. The maximum atomic E-state index is 13.7. The molecule has 0 atom stereocenters. The molecule has 0 saturated heterocycles. The minimum Gasteiger partial charge on any atom is -0.490 e. The normalized spacial score (nSPS) is 10.6. The molecule has 1 heterocycles. The lowest BCUT2D eigenvalue weighted by Crippen LogP contribution is -2.37. The quantitative estimate of drug-likeness (QED) is 0.215. The highest BCUT2D eigenvalue weighted by Crippen LogP contribution is 2.36. The summed E-state index contributed by atoms with van der Waals surface area (Å²) < 4.78 is 29.8. The predicted octanol–water partition coefficient (Wildman–Crippen LogP) is 3.25. The molecule has 10 nitrogen and oxygen atoms in total. The molecule has 3 amide bonds. The topological polar surface area (TPSA) is 131 Å². The van der Waals surface area contributed by atoms with Gasteiger partial charge in [-0.3, -0.25) is 14.4 Å². The van der Waals surface area contributed by atoms with Crippen LogP contribution in [0.25, 0.3) is 0 Å². The number of benzene rings is 2. The second kappa shape index (κ2) is 12.9. The van der Waals surface area contributed by atoms with Crippen LogP contribution in [0.5, 0.6) is 11.5 Å². The zero-order valence-corrected chi connectivity index (χ0v) is 19.8. The first-order valence-corrected chi connectivity index (χ1v) is 11.0. The first-order chi connectivity index (χ1) is 17.4. The molecule has 0 spiro atoms. The molecule has 0 saturated carbocycles. The molecule has 0 fully saturated rings. The van der Waals surface area contributed by atoms with E-state index in [1.807, 2.05) is 0 Å². The SMILES string of the molecule is CCOc1cc(/C=N\NC(=O)C(=O)NCc2ccco2)cc(Cl)c1OCC(=O)Nc1ccccc1F. The molecule has 36 heavy (non-hydrogen) atoms. The predicted molar refractivity (Wildman–Crippen MR) is 129 cm³/mol. The minimum absolute atomic E-state index is 0.0190. The first-order valence-electron chi connectivity index (χ1n) is 10.6. The molecular formula is C24H22ClFN4O6. The lowest BCUT2D eigenvalue weighted by atomic mass is 10.2. The summed E-state index contributed by atoms with van der Waals surface area (Å²) in [5.74, 6) is -2.25. The Morgan fingerprint density at radius 2 is 1.92 bits per heavy atom. The van der Waals surface area contributed by atoms with Crippen LogP contribution in [-0.2, 0) is 20.9 Å². The fourth-order valence-corrected chi connectivity index (χ4v) is 3.10. The van der Waals surface area contributed by atoms with Gasteiger partial charge in [0.25, 0.3) is 5.91 Å². The number of carbonyl (C=O) groups excluding carboxylic acids is 3. The Labute approximate surface area is 210 Å². The first kappa shape index (κ1) is 26.2. The van der Waals surface area contributed by atoms with Gasteiger partial charge in [-0.1, -0.05) is 23.7 Å². The highest BCUT2D eigenvalue weighted by Gasteiger charge is 2.16. The zero-order chi connectivity index (χ0) is 25.9. The van der Waals surface area contributed by atoms with Crippen LogP contribution in [0.3, 0.4) is 0 Å². The Bertz CT molecular complexity index is 1250. The Balaban J connectivity index is 1.59. The van der Waals surface area contributed by atoms with E-state index in [2.05, 4.69) is 21.2 Å². The van der Waals surface area contributed by atoms with E-state index in [-0.39, 0.29) is 35.4 Å². The van der Waals surface area contributed by atoms with Crippen molar-refractivity contribution >= 4 is 41.2 Å². The fraction of sp³-hybridized carbons (Fsp3) is 0.167. The Morgan fingerprint density at radius 1 is 1.11 bits per heavy atom. The van der Waals surface area contributed by atoms with Gasteiger partial charge in [-0.05, 0) is 48.9 Å². The Kier molecular flexibility index (Phi) is 9.40. The minimum atomic E-state index is -0.977. The van der Waals surface area contributed by atoms with Crippen molar-refractivity contribution in [3.8, 4) is 11.5 Å². The molecular weight excluding hydrogens is 495 g/mol. The number of halogens is 2. The largest absolute Gasteiger partial charge is 0.490 e. The van der Waals surface area contributed by atoms with Crippen molar-refractivity contribution in [1.29, 1.82) is 0 Å². The molecule has 0 aliphatic carbocycles. The van der Waals surface area contributed by atoms with Crippen molar-refractivity contribution in [2.75, 3.05) is 18.5 Å². The average Bonchev–Trinajstić information content (AvgIpc) is 3.37. The highest BCUT2D eigenvalue weighted by molar-refractivity contribution is 6.35. The van der Waals surface area contributed by atoms with Gasteiger partial charge in [-0.2, -0.15) is 5.10 Å². The number of nitrogens with one attached hydrogen (secondary N) is 3. The summed E-state index contributed by atoms with van der Waals surface area (Å²) in [6, 6.07) is 12.0. The molecule has 3 aromatic rings. The third-order valence-corrected chi connectivity index (χ3v) is 4.70. The second-order valence-corrected chi connectivity index (χ2v) is 7.45. The summed E-state index contributed by atoms with van der Waals surface area (Å²) in [5.41, 5.74) is 2.54. The monoisotopic (exact) mass is 516 g/mol. The number of carbonyl (C=O) groups is 3. The molecule has 12 heteroatoms. The van der Waals surface area contributed by atoms with Crippen molar-refractivity contribution in [3.63, 3.8) is 0 Å². The van der Waals surface area contributed by atoms with Gasteiger partial charge in [0.05, 0.1) is 36.3 Å². The van der Waals surface area contributed by atoms with Crippen LogP contribution in [-0.4, -0.2) is 37.1 Å². The second-order valence-electron chi connectivity index (χ2n) is 7.04. The van der Waals surface area contributed by atoms with Crippen molar-refractivity contribution < 1.29 is 32.7 Å². The van der Waals surface area contributed by atoms with Gasteiger partial charge in [-0.25, -0.2) is 9.82 Å². The van der Waals surface area contributed by atoms with Gasteiger partial charge in [0.2, 0.25) is 0 Å². The van der Waals surface area contributed by atoms with E-state index < -0.39 is 30.1 Å². The fourth-order valence-electron chi connectivity index (χ4n) is 2.83. The standard InChI is InChI=1S/C24H22ClFN4O6/c1-2-34-20-11-15(12-28-30-24(33)23(32)27-13-16-6-5-9-35-16)10-17(25)22(20)36-14-21(31)29-19-8-4-3-7-18(19)26/h3-12H,2,13-14H2,1H3,(H,27,32)(H,29,31)(H,30,33)/b28-12-. The molecule has 1 aromatic heterocycles. The summed E-state index contributed by atoms with van der Waals surface area (Å²) in [4.78, 5) is 35.9. The van der Waals surface area contributed by atoms with Crippen molar-refractivity contribution in [2.45, 2.75) is 13.5 Å². The Hall–Kier alpha value is -4.38. The van der Waals surface area contributed by atoms with Crippen LogP contribution < -0.4 is 25.5 Å². The van der Waals surface area contributed by atoms with Gasteiger partial charge >= 0.3 is 11.8 Å². The number of amides is 3. The smallest absolute Gasteiger partial charge is 0.329 e. The molecule has 0 aliphatic heterocycles. The number of para-hydroxylation sites is 1. The molecule has 3 rings (SSSR count). The number of hydrogen-bond donors (Lipinski definition) is 3. The van der Waals surface area contributed by atoms with E-state index in [1.54, 1.807) is 25.1 Å². The maximum absolute atomic E-state index is 13.7. The van der Waals surface area contributed by atoms with E-state index in [0.29, 0.717) is 11.3 Å². The van der Waals surface area contributed by atoms with Gasteiger partial charge in [0.15, 0.2) is 18.1 Å². The van der Waals surface area contributed by atoms with E-state index >= 15 is 0 Å². The van der Waals surface area contributed by atoms with Crippen LogP contribution >= 0.6 is 11.6 Å². The van der Waals surface area contributed by atoms with Crippen LogP contribution in [0.4, 0.5) is 10.1 Å². The summed E-state index contributed by atoms with van der Waals surface area (Å²) in [6.45, 7) is 1.60. The molecule has 0 unspecified atom stereocenters. The van der Waals surface area contributed by atoms with Crippen LogP contribution in [0, 0.1) is 5.82 Å². The Morgan fingerprint density at radius 3 is 2.64 bits per heavy atom. The summed E-state index contributed by atoms with van der Waals surface area (Å²) in [7, 11) is 0. The molecule has 0 aliphatic rings. The van der Waals surface area contributed by atoms with E-state index in [0.717, 1.165) is 0 Å². The van der Waals surface area contributed by atoms with E-state index in [1.165, 1.54) is 42.8 Å². The van der Waals surface area contributed by atoms with Crippen molar-refractivity contribution in [2.24, 2.45) is 5.10 Å². The summed E-state index contributed by atoms with van der Waals surface area (Å²) in [5, 5.41) is 8.64. The van der Waals surface area contributed by atoms with Gasteiger partial charge in [-0.15, -0.1) is 0 Å². The zero-order valence-electron chi connectivity index (χ0n) is 19.0. The van der Waals surface area contributed by atoms with Crippen molar-refractivity contribution in [1.82, 2.24) is 10.7 Å². The van der Waals surface area contributed by atoms with Crippen LogP contribution in [0.15, 0.2) is 64.3 Å². The molecule has 0 bridgehead atoms. The lowest BCUT2D eigenvalue weighted by molar-refractivity contribution is -0.139. The number of ether oxygens (including phenoxy) is 2. The third kappa shape index (κ3) is 7.57. The number of hydrazone groups is 1. The average molecular weight is 517 g/mol. The van der Waals surface area contributed by atoms with E-state index in [4.69, 9.17) is 25.5 Å². The van der Waals surface area contributed by atoms with Crippen LogP contribution in [0.1, 0.15) is 18.2 Å². The number of anilines is 1. The van der Waals surface area contributed by atoms with Gasteiger partial charge in [0.1, 0.15) is 11.6 Å². The maximum Gasteiger partial charge on any atom is 0.329 e. The number of rotatable bonds is 10. The number of nitrogens with zero attached hydrogens (tertiary/aromatic N) is 1. The van der Waals surface area contributed by atoms with E-state index in [9.17, 15) is 18.8 Å². The van der Waals surface area contributed by atoms with Gasteiger partial charge in [0, 0.05) is 0 Å². The van der Waals surface area contributed by atoms with Crippen molar-refractivity contribution in [3.05, 3.63) is 77.0 Å². The van der Waals surface area contributed by atoms with Crippen LogP contribution in [0.2, 0.25) is 5.02 Å². The highest BCUT2D eigenvalue weighted by atomic mass is 35.5. The molecule has 188 valence electrons. The molecule has 0 radical (unpaired) electrons. The number of hydrogen-bond acceptors (Lipinski definition) is 7. The van der Waals surface area contributed by atoms with Gasteiger partial charge < -0.3 is 24.5 Å².